The predicted molar refractivity (Wildman–Crippen MR) is 90.2 cm³/mol. The van der Waals surface area contributed by atoms with Crippen LogP contribution in [0.2, 0.25) is 0 Å². The first-order chi connectivity index (χ1) is 11.2. The summed E-state index contributed by atoms with van der Waals surface area (Å²) in [5.41, 5.74) is 8.22. The van der Waals surface area contributed by atoms with Gasteiger partial charge in [0.25, 0.3) is 5.56 Å². The van der Waals surface area contributed by atoms with Gasteiger partial charge < -0.3 is 5.73 Å². The Balaban J connectivity index is 2.05. The molecule has 0 unspecified atom stereocenters. The molecule has 0 fully saturated rings. The Kier molecular flexibility index (Phi) is 2.91. The summed E-state index contributed by atoms with van der Waals surface area (Å²) in [7, 11) is 0. The van der Waals surface area contributed by atoms with Crippen molar-refractivity contribution in [1.29, 1.82) is 0 Å². The maximum atomic E-state index is 12.3. The van der Waals surface area contributed by atoms with Gasteiger partial charge in [-0.15, -0.1) is 10.2 Å². The average Bonchev–Trinajstić information content (AvgIpc) is 3.00. The highest BCUT2D eigenvalue weighted by Crippen LogP contribution is 2.23. The van der Waals surface area contributed by atoms with Gasteiger partial charge in [0.15, 0.2) is 16.3 Å². The van der Waals surface area contributed by atoms with Gasteiger partial charge in [-0.25, -0.2) is 4.52 Å². The largest absolute Gasteiger partial charge is 0.376 e. The Morgan fingerprint density at radius 2 is 1.91 bits per heavy atom. The molecule has 0 spiro atoms. The van der Waals surface area contributed by atoms with Gasteiger partial charge >= 0.3 is 0 Å². The van der Waals surface area contributed by atoms with E-state index in [1.54, 1.807) is 16.8 Å². The molecule has 8 heteroatoms. The van der Waals surface area contributed by atoms with E-state index in [0.717, 1.165) is 15.7 Å². The van der Waals surface area contributed by atoms with E-state index in [4.69, 9.17) is 18.0 Å². The average molecular weight is 322 g/mol. The highest BCUT2D eigenvalue weighted by Gasteiger charge is 2.14. The van der Waals surface area contributed by atoms with Crippen molar-refractivity contribution in [2.45, 2.75) is 0 Å². The quantitative estimate of drug-likeness (QED) is 0.530. The van der Waals surface area contributed by atoms with Crippen molar-refractivity contribution >= 4 is 34.0 Å². The molecule has 0 aliphatic heterocycles. The molecule has 3 heterocycles. The summed E-state index contributed by atoms with van der Waals surface area (Å²) in [6, 6.07) is 11.4. The predicted octanol–water partition coefficient (Wildman–Crippen LogP) is 1.20. The van der Waals surface area contributed by atoms with Gasteiger partial charge in [-0.1, -0.05) is 30.3 Å². The molecule has 3 aromatic heterocycles. The maximum absolute atomic E-state index is 12.3. The Hall–Kier alpha value is -3.13. The molecule has 0 aliphatic rings. The molecule has 1 aromatic carbocycles. The van der Waals surface area contributed by atoms with Crippen LogP contribution in [0.4, 0.5) is 0 Å². The number of hydrogen-bond acceptors (Lipinski definition) is 5. The number of nitrogens with zero attached hydrogens (tertiary/aromatic N) is 5. The van der Waals surface area contributed by atoms with Crippen molar-refractivity contribution in [1.82, 2.24) is 24.4 Å². The minimum absolute atomic E-state index is 0.0377. The van der Waals surface area contributed by atoms with Crippen LogP contribution >= 0.6 is 12.2 Å². The van der Waals surface area contributed by atoms with Gasteiger partial charge in [0, 0.05) is 11.8 Å². The third-order valence-electron chi connectivity index (χ3n) is 3.58. The van der Waals surface area contributed by atoms with E-state index in [1.807, 2.05) is 30.3 Å². The standard InChI is InChI=1S/C15H10N6OS/c16-15(23)20-7-6-11-12(14(20)22)18-19-13-10(8-17-21(11)13)9-4-2-1-3-5-9/h1-8H,(H2,16,23). The smallest absolute Gasteiger partial charge is 0.286 e. The lowest BCUT2D eigenvalue weighted by atomic mass is 10.1. The molecule has 2 N–H and O–H groups in total. The van der Waals surface area contributed by atoms with Gasteiger partial charge in [-0.05, 0) is 23.8 Å². The van der Waals surface area contributed by atoms with Crippen LogP contribution in [0.5, 0.6) is 0 Å². The maximum Gasteiger partial charge on any atom is 0.286 e. The molecule has 0 saturated carbocycles. The van der Waals surface area contributed by atoms with Crippen molar-refractivity contribution < 1.29 is 0 Å². The van der Waals surface area contributed by atoms with E-state index in [0.29, 0.717) is 11.2 Å². The normalized spacial score (nSPS) is 11.1. The zero-order chi connectivity index (χ0) is 16.0. The summed E-state index contributed by atoms with van der Waals surface area (Å²) in [5.74, 6) is 0. The number of fused-ring (bicyclic) bond motifs is 3. The molecule has 0 saturated heterocycles. The first-order valence-electron chi connectivity index (χ1n) is 6.78. The van der Waals surface area contributed by atoms with Crippen LogP contribution in [0.15, 0.2) is 53.6 Å². The van der Waals surface area contributed by atoms with Crippen LogP contribution in [0, 0.1) is 0 Å². The molecule has 4 aromatic rings. The van der Waals surface area contributed by atoms with Crippen LogP contribution in [-0.4, -0.2) is 29.5 Å². The molecule has 7 nitrogen and oxygen atoms in total. The fourth-order valence-corrected chi connectivity index (χ4v) is 2.63. The monoisotopic (exact) mass is 322 g/mol. The summed E-state index contributed by atoms with van der Waals surface area (Å²) in [6.07, 6.45) is 3.22. The first-order valence-corrected chi connectivity index (χ1v) is 7.18. The zero-order valence-corrected chi connectivity index (χ0v) is 12.6. The van der Waals surface area contributed by atoms with Crippen LogP contribution < -0.4 is 11.3 Å². The van der Waals surface area contributed by atoms with E-state index in [9.17, 15) is 4.79 Å². The number of hydrogen-bond donors (Lipinski definition) is 1. The molecule has 0 radical (unpaired) electrons. The number of benzene rings is 1. The van der Waals surface area contributed by atoms with E-state index in [1.165, 1.54) is 6.20 Å². The van der Waals surface area contributed by atoms with E-state index in [-0.39, 0.29) is 10.6 Å². The Labute approximate surface area is 135 Å². The van der Waals surface area contributed by atoms with Crippen LogP contribution in [0.1, 0.15) is 0 Å². The van der Waals surface area contributed by atoms with Crippen molar-refractivity contribution in [2.24, 2.45) is 5.73 Å². The molecular weight excluding hydrogens is 312 g/mol. The first kappa shape index (κ1) is 13.5. The Morgan fingerprint density at radius 3 is 2.65 bits per heavy atom. The van der Waals surface area contributed by atoms with Crippen molar-refractivity contribution in [3.8, 4) is 11.1 Å². The fourth-order valence-electron chi connectivity index (χ4n) is 2.49. The second-order valence-electron chi connectivity index (χ2n) is 4.92. The Bertz CT molecular complexity index is 1120. The molecule has 0 bridgehead atoms. The van der Waals surface area contributed by atoms with E-state index < -0.39 is 5.56 Å². The summed E-state index contributed by atoms with van der Waals surface area (Å²) < 4.78 is 2.75. The van der Waals surface area contributed by atoms with Gasteiger partial charge in [-0.3, -0.25) is 9.36 Å². The number of aromatic nitrogens is 5. The summed E-state index contributed by atoms with van der Waals surface area (Å²) in [6.45, 7) is 0. The number of nitrogens with two attached hydrogens (primary N) is 1. The third kappa shape index (κ3) is 2.00. The highest BCUT2D eigenvalue weighted by molar-refractivity contribution is 7.80. The second kappa shape index (κ2) is 4.96. The number of thiocarbonyl (C=S) groups is 1. The summed E-state index contributed by atoms with van der Waals surface area (Å²) >= 11 is 4.85. The minimum atomic E-state index is -0.416. The number of pyridine rings is 1. The summed E-state index contributed by atoms with van der Waals surface area (Å²) in [5, 5.41) is 12.5. The fraction of sp³-hybridized carbons (Fsp3) is 0. The zero-order valence-electron chi connectivity index (χ0n) is 11.7. The molecule has 0 amide bonds. The SMILES string of the molecule is NC(=S)n1ccc2c(nnc3c(-c4ccccc4)cnn32)c1=O. The lowest BCUT2D eigenvalue weighted by molar-refractivity contribution is 0.927. The van der Waals surface area contributed by atoms with E-state index >= 15 is 0 Å². The van der Waals surface area contributed by atoms with Gasteiger partial charge in [0.1, 0.15) is 5.52 Å². The van der Waals surface area contributed by atoms with Crippen LogP contribution in [0.25, 0.3) is 27.8 Å². The molecule has 0 atom stereocenters. The van der Waals surface area contributed by atoms with Gasteiger partial charge in [0.05, 0.1) is 6.20 Å². The highest BCUT2D eigenvalue weighted by atomic mass is 32.1. The number of rotatable bonds is 1. The van der Waals surface area contributed by atoms with Crippen molar-refractivity contribution in [3.63, 3.8) is 0 Å². The molecular formula is C15H10N6OS. The minimum Gasteiger partial charge on any atom is -0.376 e. The van der Waals surface area contributed by atoms with Crippen LogP contribution in [-0.2, 0) is 0 Å². The lowest BCUT2D eigenvalue weighted by Crippen LogP contribution is -2.31. The van der Waals surface area contributed by atoms with Gasteiger partial charge in [-0.2, -0.15) is 5.10 Å². The lowest BCUT2D eigenvalue weighted by Gasteiger charge is -2.05. The van der Waals surface area contributed by atoms with E-state index in [2.05, 4.69) is 15.3 Å². The molecule has 4 rings (SSSR count). The molecule has 112 valence electrons. The van der Waals surface area contributed by atoms with Crippen molar-refractivity contribution in [3.05, 3.63) is 59.1 Å². The Morgan fingerprint density at radius 1 is 1.13 bits per heavy atom. The molecule has 0 aliphatic carbocycles. The second-order valence-corrected chi connectivity index (χ2v) is 5.34. The van der Waals surface area contributed by atoms with Gasteiger partial charge in [0.2, 0.25) is 0 Å². The topological polar surface area (TPSA) is 91.1 Å². The summed E-state index contributed by atoms with van der Waals surface area (Å²) in [4.78, 5) is 12.3. The third-order valence-corrected chi connectivity index (χ3v) is 3.78. The molecule has 23 heavy (non-hydrogen) atoms. The van der Waals surface area contributed by atoms with Crippen LogP contribution in [0.3, 0.4) is 0 Å². The van der Waals surface area contributed by atoms with Crippen molar-refractivity contribution in [2.75, 3.05) is 0 Å².